The lowest BCUT2D eigenvalue weighted by Crippen LogP contribution is -2.26. The fourth-order valence-electron chi connectivity index (χ4n) is 4.13. The van der Waals surface area contributed by atoms with E-state index in [1.807, 2.05) is 18.2 Å². The third-order valence-electron chi connectivity index (χ3n) is 5.74. The summed E-state index contributed by atoms with van der Waals surface area (Å²) in [7, 11) is 0. The summed E-state index contributed by atoms with van der Waals surface area (Å²) in [6, 6.07) is 20.1. The van der Waals surface area contributed by atoms with E-state index in [0.717, 1.165) is 17.5 Å². The van der Waals surface area contributed by atoms with Crippen molar-refractivity contribution < 1.29 is 9.90 Å². The Morgan fingerprint density at radius 2 is 1.75 bits per heavy atom. The van der Waals surface area contributed by atoms with Gasteiger partial charge in [-0.25, -0.2) is 0 Å². The summed E-state index contributed by atoms with van der Waals surface area (Å²) in [6.07, 6.45) is 1.33. The van der Waals surface area contributed by atoms with E-state index in [0.29, 0.717) is 22.8 Å². The molecule has 0 saturated heterocycles. The van der Waals surface area contributed by atoms with E-state index in [4.69, 9.17) is 16.6 Å². The fraction of sp³-hybridized carbons (Fsp3) is 0.259. The Balaban J connectivity index is 1.72. The average Bonchev–Trinajstić information content (AvgIpc) is 2.88. The van der Waals surface area contributed by atoms with Crippen molar-refractivity contribution in [3.05, 3.63) is 94.0 Å². The number of hydrogen-bond acceptors (Lipinski definition) is 3. The van der Waals surface area contributed by atoms with Crippen LogP contribution in [0.25, 0.3) is 0 Å². The molecule has 0 spiro atoms. The van der Waals surface area contributed by atoms with Crippen LogP contribution in [0.3, 0.4) is 0 Å². The van der Waals surface area contributed by atoms with Gasteiger partial charge in [0.05, 0.1) is 11.4 Å². The zero-order valence-electron chi connectivity index (χ0n) is 18.5. The highest BCUT2D eigenvalue weighted by Gasteiger charge is 2.27. The molecule has 3 aromatic carbocycles. The summed E-state index contributed by atoms with van der Waals surface area (Å²) in [6.45, 7) is 6.60. The van der Waals surface area contributed by atoms with E-state index in [1.54, 1.807) is 30.3 Å². The lowest BCUT2D eigenvalue weighted by molar-refractivity contribution is -0.117. The van der Waals surface area contributed by atoms with Gasteiger partial charge in [-0.2, -0.15) is 0 Å². The molecular formula is C27H27ClN2O2. The number of aliphatic imine (C=N–C) groups is 1. The number of halogens is 1. The molecule has 164 valence electrons. The van der Waals surface area contributed by atoms with Gasteiger partial charge in [0, 0.05) is 16.1 Å². The van der Waals surface area contributed by atoms with Crippen LogP contribution in [-0.4, -0.2) is 22.8 Å². The van der Waals surface area contributed by atoms with Crippen LogP contribution in [0.15, 0.2) is 71.7 Å². The van der Waals surface area contributed by atoms with Crippen molar-refractivity contribution in [3.63, 3.8) is 0 Å². The average molecular weight is 447 g/mol. The first kappa shape index (κ1) is 22.1. The van der Waals surface area contributed by atoms with Crippen LogP contribution in [0.1, 0.15) is 49.4 Å². The number of nitrogens with zero attached hydrogens (tertiary/aromatic N) is 1. The van der Waals surface area contributed by atoms with Crippen LogP contribution in [-0.2, 0) is 16.6 Å². The summed E-state index contributed by atoms with van der Waals surface area (Å²) >= 11 is 6.27. The maximum atomic E-state index is 13.1. The topological polar surface area (TPSA) is 61.7 Å². The predicted octanol–water partition coefficient (Wildman–Crippen LogP) is 6.13. The first-order chi connectivity index (χ1) is 15.2. The minimum atomic E-state index is -0.544. The lowest BCUT2D eigenvalue weighted by Gasteiger charge is -2.23. The van der Waals surface area contributed by atoms with Crippen molar-refractivity contribution in [1.29, 1.82) is 0 Å². The maximum Gasteiger partial charge on any atom is 0.249 e. The molecule has 0 saturated carbocycles. The monoisotopic (exact) mass is 446 g/mol. The fourth-order valence-corrected chi connectivity index (χ4v) is 4.30. The van der Waals surface area contributed by atoms with Crippen molar-refractivity contribution in [2.75, 3.05) is 5.32 Å². The van der Waals surface area contributed by atoms with Crippen molar-refractivity contribution in [3.8, 4) is 5.75 Å². The maximum absolute atomic E-state index is 13.1. The molecule has 1 aliphatic rings. The van der Waals surface area contributed by atoms with Crippen LogP contribution in [0.5, 0.6) is 5.75 Å². The number of benzene rings is 3. The van der Waals surface area contributed by atoms with Crippen LogP contribution in [0.2, 0.25) is 5.02 Å². The van der Waals surface area contributed by atoms with Gasteiger partial charge in [-0.05, 0) is 71.8 Å². The van der Waals surface area contributed by atoms with Gasteiger partial charge in [0.1, 0.15) is 11.8 Å². The van der Waals surface area contributed by atoms with Gasteiger partial charge in [-0.3, -0.25) is 9.79 Å². The first-order valence-electron chi connectivity index (χ1n) is 10.8. The molecule has 2 N–H and O–H groups in total. The highest BCUT2D eigenvalue weighted by atomic mass is 35.5. The molecule has 5 heteroatoms. The summed E-state index contributed by atoms with van der Waals surface area (Å²) in [5.74, 6) is 0.0504. The summed E-state index contributed by atoms with van der Waals surface area (Å²) < 4.78 is 0. The quantitative estimate of drug-likeness (QED) is 0.506. The van der Waals surface area contributed by atoms with E-state index in [9.17, 15) is 9.90 Å². The van der Waals surface area contributed by atoms with Crippen LogP contribution >= 0.6 is 11.6 Å². The van der Waals surface area contributed by atoms with E-state index in [2.05, 4.69) is 44.3 Å². The highest BCUT2D eigenvalue weighted by Crippen LogP contribution is 2.30. The molecule has 0 bridgehead atoms. The molecule has 32 heavy (non-hydrogen) atoms. The number of nitrogens with one attached hydrogen (secondary N) is 1. The number of fused-ring (bicyclic) bond motifs is 1. The summed E-state index contributed by atoms with van der Waals surface area (Å²) in [5.41, 5.74) is 5.51. The Hall–Kier alpha value is -3.11. The number of carbonyl (C=O) groups is 1. The van der Waals surface area contributed by atoms with E-state index in [-0.39, 0.29) is 17.1 Å². The van der Waals surface area contributed by atoms with Crippen LogP contribution in [0.4, 0.5) is 5.69 Å². The molecule has 0 fully saturated rings. The lowest BCUT2D eigenvalue weighted by atomic mass is 9.82. The zero-order chi connectivity index (χ0) is 22.9. The van der Waals surface area contributed by atoms with Crippen LogP contribution in [0, 0.1) is 0 Å². The second-order valence-corrected chi connectivity index (χ2v) is 9.60. The molecule has 1 aliphatic heterocycles. The van der Waals surface area contributed by atoms with Gasteiger partial charge in [0.25, 0.3) is 0 Å². The Kier molecular flexibility index (Phi) is 6.07. The number of phenolic OH excluding ortho intramolecular Hbond substituents is 1. The number of benzodiazepines with no additional fused rings is 1. The standard InChI is InChI=1S/C27H27ClN2O2/c1-27(2,3)22-7-5-4-6-17(22)10-14-24-26(32)30-23-15-11-19(28)16-21(23)25(29-24)18-8-12-20(31)13-9-18/h4-9,11-13,15-16,24,31H,10,14H2,1-3H3,(H,30,32). The molecule has 0 radical (unpaired) electrons. The molecule has 1 unspecified atom stereocenters. The Labute approximate surface area is 194 Å². The van der Waals surface area contributed by atoms with E-state index in [1.165, 1.54) is 11.1 Å². The van der Waals surface area contributed by atoms with Gasteiger partial charge in [-0.15, -0.1) is 0 Å². The summed E-state index contributed by atoms with van der Waals surface area (Å²) in [4.78, 5) is 18.0. The van der Waals surface area contributed by atoms with Crippen molar-refractivity contribution in [2.24, 2.45) is 4.99 Å². The van der Waals surface area contributed by atoms with Crippen molar-refractivity contribution in [1.82, 2.24) is 0 Å². The predicted molar refractivity (Wildman–Crippen MR) is 131 cm³/mol. The van der Waals surface area contributed by atoms with Gasteiger partial charge in [-0.1, -0.05) is 56.6 Å². The number of anilines is 1. The molecule has 1 heterocycles. The molecule has 4 rings (SSSR count). The number of hydrogen-bond donors (Lipinski definition) is 2. The zero-order valence-corrected chi connectivity index (χ0v) is 19.3. The highest BCUT2D eigenvalue weighted by molar-refractivity contribution is 6.32. The Bertz CT molecular complexity index is 1180. The van der Waals surface area contributed by atoms with Crippen molar-refractivity contribution in [2.45, 2.75) is 45.1 Å². The van der Waals surface area contributed by atoms with Gasteiger partial charge in [0.2, 0.25) is 5.91 Å². The third kappa shape index (κ3) is 4.71. The molecule has 3 aromatic rings. The number of rotatable bonds is 4. The van der Waals surface area contributed by atoms with Crippen molar-refractivity contribution >= 4 is 28.9 Å². The number of aryl methyl sites for hydroxylation is 1. The molecule has 0 aromatic heterocycles. The van der Waals surface area contributed by atoms with Gasteiger partial charge >= 0.3 is 0 Å². The van der Waals surface area contributed by atoms with E-state index < -0.39 is 6.04 Å². The minimum absolute atomic E-state index is 0.0236. The van der Waals surface area contributed by atoms with Gasteiger partial charge in [0.15, 0.2) is 0 Å². The SMILES string of the molecule is CC(C)(C)c1ccccc1CCC1N=C(c2ccc(O)cc2)c2cc(Cl)ccc2NC1=O. The third-order valence-corrected chi connectivity index (χ3v) is 5.97. The van der Waals surface area contributed by atoms with Crippen LogP contribution < -0.4 is 5.32 Å². The molecule has 1 amide bonds. The largest absolute Gasteiger partial charge is 0.508 e. The Morgan fingerprint density at radius 3 is 2.47 bits per heavy atom. The molecule has 4 nitrogen and oxygen atoms in total. The normalized spacial score (nSPS) is 16.1. The molecule has 1 atom stereocenters. The second kappa shape index (κ2) is 8.79. The number of amides is 1. The van der Waals surface area contributed by atoms with Gasteiger partial charge < -0.3 is 10.4 Å². The molecule has 0 aliphatic carbocycles. The second-order valence-electron chi connectivity index (χ2n) is 9.17. The molecular weight excluding hydrogens is 420 g/mol. The number of aromatic hydroxyl groups is 1. The number of phenols is 1. The Morgan fingerprint density at radius 1 is 1.03 bits per heavy atom. The summed E-state index contributed by atoms with van der Waals surface area (Å²) in [5, 5.41) is 13.3. The number of carbonyl (C=O) groups excluding carboxylic acids is 1. The smallest absolute Gasteiger partial charge is 0.249 e. The first-order valence-corrected chi connectivity index (χ1v) is 11.2. The minimum Gasteiger partial charge on any atom is -0.508 e. The van der Waals surface area contributed by atoms with E-state index >= 15 is 0 Å².